The Balaban J connectivity index is 1.90. The van der Waals surface area contributed by atoms with Crippen molar-refractivity contribution in [2.75, 3.05) is 25.6 Å². The molecule has 5 heteroatoms. The summed E-state index contributed by atoms with van der Waals surface area (Å²) in [6.45, 7) is 6.26. The third-order valence-corrected chi connectivity index (χ3v) is 3.27. The molecule has 21 heavy (non-hydrogen) atoms. The second-order valence-corrected chi connectivity index (χ2v) is 4.86. The molecule has 2 rings (SSSR count). The topological polar surface area (TPSA) is 48.3 Å². The summed E-state index contributed by atoms with van der Waals surface area (Å²) in [5, 5.41) is 7.75. The predicted octanol–water partition coefficient (Wildman–Crippen LogP) is 3.10. The lowest BCUT2D eigenvalue weighted by atomic mass is 10.2. The highest BCUT2D eigenvalue weighted by molar-refractivity contribution is 5.47. The van der Waals surface area contributed by atoms with Gasteiger partial charge in [0, 0.05) is 31.1 Å². The highest BCUT2D eigenvalue weighted by Gasteiger charge is 2.07. The van der Waals surface area contributed by atoms with Crippen LogP contribution in [0.3, 0.4) is 0 Å². The van der Waals surface area contributed by atoms with Crippen LogP contribution in [0.1, 0.15) is 25.5 Å². The third-order valence-electron chi connectivity index (χ3n) is 3.27. The van der Waals surface area contributed by atoms with Crippen LogP contribution in [-0.4, -0.2) is 30.1 Å². The third kappa shape index (κ3) is 4.49. The Morgan fingerprint density at radius 2 is 2.00 bits per heavy atom. The van der Waals surface area contributed by atoms with Crippen LogP contribution in [0, 0.1) is 0 Å². The van der Waals surface area contributed by atoms with Gasteiger partial charge in [0.15, 0.2) is 0 Å². The van der Waals surface area contributed by atoms with E-state index in [9.17, 15) is 0 Å². The summed E-state index contributed by atoms with van der Waals surface area (Å²) in [4.78, 5) is 0. The van der Waals surface area contributed by atoms with E-state index in [1.165, 1.54) is 5.56 Å². The highest BCUT2D eigenvalue weighted by atomic mass is 16.5. The quantitative estimate of drug-likeness (QED) is 0.759. The first-order valence-electron chi connectivity index (χ1n) is 7.23. The van der Waals surface area contributed by atoms with Gasteiger partial charge in [-0.3, -0.25) is 4.68 Å². The lowest BCUT2D eigenvalue weighted by Gasteiger charge is -2.14. The molecule has 0 saturated heterocycles. The van der Waals surface area contributed by atoms with Crippen molar-refractivity contribution in [1.82, 2.24) is 9.78 Å². The minimum absolute atomic E-state index is 0.213. The van der Waals surface area contributed by atoms with Crippen molar-refractivity contribution in [3.63, 3.8) is 0 Å². The number of hydrogen-bond acceptors (Lipinski definition) is 4. The van der Waals surface area contributed by atoms with E-state index in [1.807, 2.05) is 35.1 Å². The maximum Gasteiger partial charge on any atom is 0.119 e. The Hall–Kier alpha value is -2.01. The largest absolute Gasteiger partial charge is 0.491 e. The minimum atomic E-state index is 0.213. The molecule has 1 aromatic carbocycles. The summed E-state index contributed by atoms with van der Waals surface area (Å²) >= 11 is 0. The maximum absolute atomic E-state index is 5.54. The first-order valence-corrected chi connectivity index (χ1v) is 7.23. The van der Waals surface area contributed by atoms with Gasteiger partial charge in [-0.25, -0.2) is 0 Å². The molecule has 0 aliphatic heterocycles. The molecule has 0 aliphatic rings. The lowest BCUT2D eigenvalue weighted by Crippen LogP contribution is -2.06. The number of nitrogens with one attached hydrogen (secondary N) is 1. The molecule has 1 aromatic heterocycles. The molecule has 0 saturated carbocycles. The summed E-state index contributed by atoms with van der Waals surface area (Å²) in [6, 6.07) is 8.16. The predicted molar refractivity (Wildman–Crippen MR) is 83.8 cm³/mol. The fourth-order valence-corrected chi connectivity index (χ4v) is 2.00. The Morgan fingerprint density at radius 1 is 1.24 bits per heavy atom. The van der Waals surface area contributed by atoms with Gasteiger partial charge in [0.2, 0.25) is 0 Å². The van der Waals surface area contributed by atoms with E-state index in [1.54, 1.807) is 7.11 Å². The number of ether oxygens (including phenoxy) is 2. The van der Waals surface area contributed by atoms with Crippen LogP contribution in [0.4, 0.5) is 5.69 Å². The molecular formula is C16H23N3O2. The Morgan fingerprint density at radius 3 is 2.62 bits per heavy atom. The number of aromatic nitrogens is 2. The fourth-order valence-electron chi connectivity index (χ4n) is 2.00. The van der Waals surface area contributed by atoms with Crippen LogP contribution in [0.15, 0.2) is 36.7 Å². The van der Waals surface area contributed by atoms with E-state index in [0.29, 0.717) is 13.2 Å². The normalized spacial score (nSPS) is 12.1. The van der Waals surface area contributed by atoms with Gasteiger partial charge in [0.05, 0.1) is 18.8 Å². The van der Waals surface area contributed by atoms with E-state index in [2.05, 4.69) is 30.5 Å². The molecular weight excluding hydrogens is 266 g/mol. The lowest BCUT2D eigenvalue weighted by molar-refractivity contribution is 0.146. The molecule has 2 aromatic rings. The number of anilines is 1. The molecule has 1 unspecified atom stereocenters. The van der Waals surface area contributed by atoms with Crippen LogP contribution in [0.2, 0.25) is 0 Å². The van der Waals surface area contributed by atoms with Gasteiger partial charge in [-0.2, -0.15) is 5.10 Å². The van der Waals surface area contributed by atoms with E-state index in [4.69, 9.17) is 9.47 Å². The van der Waals surface area contributed by atoms with Crippen molar-refractivity contribution in [2.24, 2.45) is 0 Å². The number of rotatable bonds is 8. The van der Waals surface area contributed by atoms with Crippen molar-refractivity contribution in [3.05, 3.63) is 42.2 Å². The standard InChI is InChI=1S/C16H23N3O2/c1-4-19-12-14(11-17-19)13(2)18-15-5-7-16(8-6-15)21-10-9-20-3/h5-8,11-13,18H,4,9-10H2,1-3H3. The highest BCUT2D eigenvalue weighted by Crippen LogP contribution is 2.21. The minimum Gasteiger partial charge on any atom is -0.491 e. The van der Waals surface area contributed by atoms with E-state index in [-0.39, 0.29) is 6.04 Å². The first-order chi connectivity index (χ1) is 10.2. The van der Waals surface area contributed by atoms with Crippen LogP contribution in [0.5, 0.6) is 5.75 Å². The molecule has 0 spiro atoms. The second kappa shape index (κ2) is 7.69. The summed E-state index contributed by atoms with van der Waals surface area (Å²) in [7, 11) is 1.67. The van der Waals surface area contributed by atoms with Gasteiger partial charge in [0.1, 0.15) is 12.4 Å². The van der Waals surface area contributed by atoms with Crippen molar-refractivity contribution in [1.29, 1.82) is 0 Å². The van der Waals surface area contributed by atoms with Crippen LogP contribution in [0.25, 0.3) is 0 Å². The Kier molecular flexibility index (Phi) is 5.63. The van der Waals surface area contributed by atoms with Gasteiger partial charge in [-0.1, -0.05) is 0 Å². The summed E-state index contributed by atoms with van der Waals surface area (Å²) in [5.41, 5.74) is 2.24. The molecule has 0 amide bonds. The van der Waals surface area contributed by atoms with Gasteiger partial charge in [-0.05, 0) is 38.1 Å². The zero-order valence-electron chi connectivity index (χ0n) is 12.9. The van der Waals surface area contributed by atoms with Crippen LogP contribution in [-0.2, 0) is 11.3 Å². The second-order valence-electron chi connectivity index (χ2n) is 4.86. The number of aryl methyl sites for hydroxylation is 1. The molecule has 5 nitrogen and oxygen atoms in total. The SMILES string of the molecule is CCn1cc(C(C)Nc2ccc(OCCOC)cc2)cn1. The molecule has 0 aliphatic carbocycles. The van der Waals surface area contributed by atoms with Gasteiger partial charge < -0.3 is 14.8 Å². The molecule has 1 atom stereocenters. The summed E-state index contributed by atoms with van der Waals surface area (Å²) in [6.07, 6.45) is 3.98. The van der Waals surface area contributed by atoms with Crippen molar-refractivity contribution in [3.8, 4) is 5.75 Å². The molecule has 1 N–H and O–H groups in total. The average molecular weight is 289 g/mol. The zero-order chi connectivity index (χ0) is 15.1. The zero-order valence-corrected chi connectivity index (χ0v) is 12.9. The molecule has 1 heterocycles. The Bertz CT molecular complexity index is 537. The fraction of sp³-hybridized carbons (Fsp3) is 0.438. The Labute approximate surface area is 125 Å². The van der Waals surface area contributed by atoms with E-state index in [0.717, 1.165) is 18.0 Å². The monoisotopic (exact) mass is 289 g/mol. The summed E-state index contributed by atoms with van der Waals surface area (Å²) < 4.78 is 12.4. The van der Waals surface area contributed by atoms with Gasteiger partial charge >= 0.3 is 0 Å². The molecule has 0 bridgehead atoms. The number of benzene rings is 1. The molecule has 0 radical (unpaired) electrons. The molecule has 0 fully saturated rings. The summed E-state index contributed by atoms with van der Waals surface area (Å²) in [5.74, 6) is 0.851. The van der Waals surface area contributed by atoms with Crippen LogP contribution < -0.4 is 10.1 Å². The maximum atomic E-state index is 5.54. The van der Waals surface area contributed by atoms with Crippen molar-refractivity contribution in [2.45, 2.75) is 26.4 Å². The number of hydrogen-bond donors (Lipinski definition) is 1. The van der Waals surface area contributed by atoms with Gasteiger partial charge in [0.25, 0.3) is 0 Å². The number of methoxy groups -OCH3 is 1. The average Bonchev–Trinajstić information content (AvgIpc) is 2.98. The smallest absolute Gasteiger partial charge is 0.119 e. The van der Waals surface area contributed by atoms with Gasteiger partial charge in [-0.15, -0.1) is 0 Å². The van der Waals surface area contributed by atoms with E-state index >= 15 is 0 Å². The number of nitrogens with zero attached hydrogens (tertiary/aromatic N) is 2. The van der Waals surface area contributed by atoms with Crippen molar-refractivity contribution >= 4 is 5.69 Å². The first kappa shape index (κ1) is 15.4. The van der Waals surface area contributed by atoms with E-state index < -0.39 is 0 Å². The van der Waals surface area contributed by atoms with Crippen molar-refractivity contribution < 1.29 is 9.47 Å². The molecule has 114 valence electrons. The van der Waals surface area contributed by atoms with Crippen LogP contribution >= 0.6 is 0 Å².